The fraction of sp³-hybridized carbons (Fsp3) is 0.913. The molecule has 0 saturated heterocycles. The summed E-state index contributed by atoms with van der Waals surface area (Å²) in [6.45, 7) is 7.89. The minimum absolute atomic E-state index is 0.0781. The second-order valence-corrected chi connectivity index (χ2v) is 8.03. The second kappa shape index (κ2) is 17.8. The van der Waals surface area contributed by atoms with E-state index in [1.54, 1.807) is 0 Å². The van der Waals surface area contributed by atoms with Crippen LogP contribution in [0, 0.1) is 6.92 Å². The number of amides is 1. The summed E-state index contributed by atoms with van der Waals surface area (Å²) in [4.78, 5) is 11.8. The first-order chi connectivity index (χ1) is 12.5. The predicted octanol–water partition coefficient (Wildman–Crippen LogP) is 6.69. The van der Waals surface area contributed by atoms with Crippen LogP contribution in [-0.2, 0) is 4.79 Å². The van der Waals surface area contributed by atoms with E-state index in [-0.39, 0.29) is 5.91 Å². The highest BCUT2D eigenvalue weighted by molar-refractivity contribution is 5.76. The van der Waals surface area contributed by atoms with Crippen molar-refractivity contribution in [2.24, 2.45) is 0 Å². The van der Waals surface area contributed by atoms with Crippen molar-refractivity contribution in [3.05, 3.63) is 6.92 Å². The van der Waals surface area contributed by atoms with Gasteiger partial charge in [0.1, 0.15) is 5.72 Å². The molecule has 0 aromatic carbocycles. The number of hydrogen-bond acceptors (Lipinski definition) is 2. The normalized spacial score (nSPS) is 13.5. The lowest BCUT2D eigenvalue weighted by Gasteiger charge is -2.23. The van der Waals surface area contributed by atoms with Gasteiger partial charge >= 0.3 is 0 Å². The molecule has 1 amide bonds. The molecule has 0 aromatic rings. The summed E-state index contributed by atoms with van der Waals surface area (Å²) >= 11 is 0. The maximum Gasteiger partial charge on any atom is 0.222 e. The molecule has 0 aromatic heterocycles. The molecule has 0 aliphatic rings. The molecule has 0 rings (SSSR count). The molecule has 0 spiro atoms. The summed E-state index contributed by atoms with van der Waals surface area (Å²) in [6, 6.07) is 0. The summed E-state index contributed by atoms with van der Waals surface area (Å²) in [7, 11) is 0. The molecule has 26 heavy (non-hydrogen) atoms. The Morgan fingerprint density at radius 3 is 1.50 bits per heavy atom. The van der Waals surface area contributed by atoms with Crippen LogP contribution < -0.4 is 5.32 Å². The first kappa shape index (κ1) is 25.4. The summed E-state index contributed by atoms with van der Waals surface area (Å²) < 4.78 is 0. The largest absolute Gasteiger partial charge is 0.371 e. The van der Waals surface area contributed by atoms with Crippen LogP contribution in [0.4, 0.5) is 0 Å². The molecule has 155 valence electrons. The van der Waals surface area contributed by atoms with Gasteiger partial charge in [-0.15, -0.1) is 0 Å². The lowest BCUT2D eigenvalue weighted by molar-refractivity contribution is -0.127. The van der Waals surface area contributed by atoms with Gasteiger partial charge in [-0.05, 0) is 19.8 Å². The Balaban J connectivity index is 3.25. The second-order valence-electron chi connectivity index (χ2n) is 8.03. The molecule has 0 heterocycles. The van der Waals surface area contributed by atoms with Gasteiger partial charge in [0, 0.05) is 6.42 Å². The van der Waals surface area contributed by atoms with Gasteiger partial charge < -0.3 is 10.4 Å². The third kappa shape index (κ3) is 18.2. The quantitative estimate of drug-likeness (QED) is 0.197. The molecule has 0 aliphatic heterocycles. The standard InChI is InChI=1S/C23H46NO2/c1-4-6-7-8-9-10-11-12-13-14-15-16-17-18-19-20-22(25)24-23(3,26)21-5-2/h26H,3-21H2,1-2H3,(H,24,25). The Hall–Kier alpha value is -0.570. The molecule has 1 radical (unpaired) electrons. The zero-order valence-corrected chi connectivity index (χ0v) is 17.8. The van der Waals surface area contributed by atoms with Crippen LogP contribution in [0.25, 0.3) is 0 Å². The first-order valence-electron chi connectivity index (χ1n) is 11.4. The minimum Gasteiger partial charge on any atom is -0.371 e. The van der Waals surface area contributed by atoms with Gasteiger partial charge in [0.25, 0.3) is 0 Å². The molecule has 0 fully saturated rings. The number of hydrogen-bond donors (Lipinski definition) is 2. The van der Waals surface area contributed by atoms with E-state index in [9.17, 15) is 9.90 Å². The summed E-state index contributed by atoms with van der Waals surface area (Å²) in [6.07, 6.45) is 21.7. The Bertz CT molecular complexity index is 315. The number of carbonyl (C=O) groups is 1. The molecule has 1 unspecified atom stereocenters. The Morgan fingerprint density at radius 1 is 0.731 bits per heavy atom. The molecule has 3 nitrogen and oxygen atoms in total. The van der Waals surface area contributed by atoms with E-state index in [4.69, 9.17) is 0 Å². The van der Waals surface area contributed by atoms with Gasteiger partial charge in [0.15, 0.2) is 0 Å². The highest BCUT2D eigenvalue weighted by Gasteiger charge is 2.20. The van der Waals surface area contributed by atoms with Crippen LogP contribution in [0.2, 0.25) is 0 Å². The fourth-order valence-corrected chi connectivity index (χ4v) is 3.45. The van der Waals surface area contributed by atoms with Gasteiger partial charge in [-0.25, -0.2) is 0 Å². The third-order valence-electron chi connectivity index (χ3n) is 5.04. The third-order valence-corrected chi connectivity index (χ3v) is 5.04. The average Bonchev–Trinajstić information content (AvgIpc) is 2.57. The maximum absolute atomic E-state index is 11.8. The van der Waals surface area contributed by atoms with Crippen molar-refractivity contribution in [3.8, 4) is 0 Å². The summed E-state index contributed by atoms with van der Waals surface area (Å²) in [5.74, 6) is -0.0781. The van der Waals surface area contributed by atoms with E-state index in [1.807, 2.05) is 6.92 Å². The van der Waals surface area contributed by atoms with Crippen molar-refractivity contribution in [2.75, 3.05) is 0 Å². The molecular formula is C23H46NO2. The lowest BCUT2D eigenvalue weighted by atomic mass is 10.0. The monoisotopic (exact) mass is 368 g/mol. The van der Waals surface area contributed by atoms with Gasteiger partial charge in [-0.1, -0.05) is 110 Å². The van der Waals surface area contributed by atoms with E-state index < -0.39 is 5.72 Å². The molecule has 0 bridgehead atoms. The van der Waals surface area contributed by atoms with Crippen molar-refractivity contribution >= 4 is 5.91 Å². The van der Waals surface area contributed by atoms with Crippen LogP contribution in [-0.4, -0.2) is 16.7 Å². The van der Waals surface area contributed by atoms with Crippen LogP contribution in [0.1, 0.15) is 129 Å². The predicted molar refractivity (Wildman–Crippen MR) is 113 cm³/mol. The number of rotatable bonds is 19. The van der Waals surface area contributed by atoms with Crippen LogP contribution in [0.5, 0.6) is 0 Å². The number of aliphatic hydroxyl groups is 1. The Labute approximate surface area is 163 Å². The van der Waals surface area contributed by atoms with Gasteiger partial charge in [-0.3, -0.25) is 4.79 Å². The molecule has 0 saturated carbocycles. The van der Waals surface area contributed by atoms with Gasteiger partial charge in [0.05, 0.1) is 0 Å². The van der Waals surface area contributed by atoms with Crippen molar-refractivity contribution in [1.29, 1.82) is 0 Å². The molecule has 2 N–H and O–H groups in total. The smallest absolute Gasteiger partial charge is 0.222 e. The Kier molecular flexibility index (Phi) is 17.4. The lowest BCUT2D eigenvalue weighted by Crippen LogP contribution is -2.45. The zero-order valence-electron chi connectivity index (χ0n) is 17.8. The number of nitrogens with one attached hydrogen (secondary N) is 1. The molecule has 0 aliphatic carbocycles. The van der Waals surface area contributed by atoms with E-state index in [2.05, 4.69) is 19.2 Å². The Morgan fingerprint density at radius 2 is 1.12 bits per heavy atom. The SMILES string of the molecule is [CH2]C(O)(CCC)NC(=O)CCCCCCCCCCCCCCCCC. The maximum atomic E-state index is 11.8. The number of carbonyl (C=O) groups excluding carboxylic acids is 1. The minimum atomic E-state index is -1.29. The zero-order chi connectivity index (χ0) is 19.5. The van der Waals surface area contributed by atoms with Crippen molar-refractivity contribution < 1.29 is 9.90 Å². The van der Waals surface area contributed by atoms with Crippen LogP contribution in [0.15, 0.2) is 0 Å². The van der Waals surface area contributed by atoms with E-state index >= 15 is 0 Å². The van der Waals surface area contributed by atoms with Crippen molar-refractivity contribution in [1.82, 2.24) is 5.32 Å². The highest BCUT2D eigenvalue weighted by atomic mass is 16.3. The average molecular weight is 369 g/mol. The van der Waals surface area contributed by atoms with Gasteiger partial charge in [-0.2, -0.15) is 0 Å². The van der Waals surface area contributed by atoms with E-state index in [0.29, 0.717) is 12.8 Å². The molecule has 3 heteroatoms. The topological polar surface area (TPSA) is 49.3 Å². The van der Waals surface area contributed by atoms with Crippen molar-refractivity contribution in [3.63, 3.8) is 0 Å². The van der Waals surface area contributed by atoms with Crippen LogP contribution in [0.3, 0.4) is 0 Å². The van der Waals surface area contributed by atoms with E-state index in [1.165, 1.54) is 83.5 Å². The van der Waals surface area contributed by atoms with E-state index in [0.717, 1.165) is 19.3 Å². The van der Waals surface area contributed by atoms with Gasteiger partial charge in [0.2, 0.25) is 5.91 Å². The fourth-order valence-electron chi connectivity index (χ4n) is 3.45. The summed E-state index contributed by atoms with van der Waals surface area (Å²) in [5, 5.41) is 12.5. The van der Waals surface area contributed by atoms with Crippen LogP contribution >= 0.6 is 0 Å². The summed E-state index contributed by atoms with van der Waals surface area (Å²) in [5.41, 5.74) is -1.29. The highest BCUT2D eigenvalue weighted by Crippen LogP contribution is 2.14. The molecule has 1 atom stereocenters. The number of unbranched alkanes of at least 4 members (excludes halogenated alkanes) is 14. The van der Waals surface area contributed by atoms with Crippen molar-refractivity contribution in [2.45, 2.75) is 135 Å². The molecular weight excluding hydrogens is 322 g/mol. The first-order valence-corrected chi connectivity index (χ1v) is 11.4.